The fourth-order valence-corrected chi connectivity index (χ4v) is 3.06. The molecule has 0 aliphatic carbocycles. The van der Waals surface area contributed by atoms with Crippen LogP contribution in [0.4, 0.5) is 0 Å². The van der Waals surface area contributed by atoms with Crippen LogP contribution in [0.15, 0.2) is 6.20 Å². The maximum atomic E-state index is 6.10. The zero-order valence-electron chi connectivity index (χ0n) is 10.4. The number of rotatable bonds is 2. The first-order valence-corrected chi connectivity index (χ1v) is 6.85. The topological polar surface area (TPSA) is 55.9 Å². The smallest absolute Gasteiger partial charge is 0.125 e. The second kappa shape index (κ2) is 4.78. The summed E-state index contributed by atoms with van der Waals surface area (Å²) in [5, 5.41) is 3.47. The highest BCUT2D eigenvalue weighted by Gasteiger charge is 2.21. The van der Waals surface area contributed by atoms with E-state index in [0.717, 1.165) is 37.7 Å². The molecule has 3 rings (SSSR count). The zero-order chi connectivity index (χ0) is 11.7. The molecule has 0 spiro atoms. The third kappa shape index (κ3) is 2.38. The molecular formula is C13H22N4. The summed E-state index contributed by atoms with van der Waals surface area (Å²) >= 11 is 0. The molecule has 0 bridgehead atoms. The highest BCUT2D eigenvalue weighted by Crippen LogP contribution is 2.24. The van der Waals surface area contributed by atoms with Crippen LogP contribution in [0, 0.1) is 5.92 Å². The van der Waals surface area contributed by atoms with Crippen LogP contribution < -0.4 is 11.1 Å². The minimum absolute atomic E-state index is 0.155. The maximum Gasteiger partial charge on any atom is 0.125 e. The maximum absolute atomic E-state index is 6.10. The van der Waals surface area contributed by atoms with Gasteiger partial charge in [0.15, 0.2) is 0 Å². The lowest BCUT2D eigenvalue weighted by Crippen LogP contribution is -2.30. The fraction of sp³-hybridized carbons (Fsp3) is 0.769. The van der Waals surface area contributed by atoms with Crippen LogP contribution >= 0.6 is 0 Å². The van der Waals surface area contributed by atoms with E-state index < -0.39 is 0 Å². The molecule has 2 aliphatic rings. The predicted molar refractivity (Wildman–Crippen MR) is 67.7 cm³/mol. The Morgan fingerprint density at radius 2 is 2.35 bits per heavy atom. The molecule has 2 unspecified atom stereocenters. The molecule has 17 heavy (non-hydrogen) atoms. The Hall–Kier alpha value is -0.870. The molecule has 3 heterocycles. The lowest BCUT2D eigenvalue weighted by atomic mass is 9.95. The van der Waals surface area contributed by atoms with Gasteiger partial charge in [0.1, 0.15) is 5.82 Å². The number of piperidine rings is 1. The predicted octanol–water partition coefficient (Wildman–Crippen LogP) is 1.22. The van der Waals surface area contributed by atoms with Crippen LogP contribution in [0.3, 0.4) is 0 Å². The first kappa shape index (κ1) is 11.2. The number of nitrogens with two attached hydrogens (primary N) is 1. The monoisotopic (exact) mass is 234 g/mol. The molecule has 2 atom stereocenters. The van der Waals surface area contributed by atoms with E-state index in [9.17, 15) is 0 Å². The Morgan fingerprint density at radius 3 is 3.12 bits per heavy atom. The number of aryl methyl sites for hydroxylation is 1. The molecule has 3 N–H and O–H groups in total. The van der Waals surface area contributed by atoms with E-state index in [1.54, 1.807) is 0 Å². The molecule has 1 fully saturated rings. The summed E-state index contributed by atoms with van der Waals surface area (Å²) in [5.41, 5.74) is 7.34. The Balaban J connectivity index is 1.71. The lowest BCUT2D eigenvalue weighted by molar-refractivity contribution is 0.373. The van der Waals surface area contributed by atoms with Gasteiger partial charge in [-0.25, -0.2) is 4.98 Å². The van der Waals surface area contributed by atoms with Crippen molar-refractivity contribution in [3.05, 3.63) is 17.7 Å². The number of fused-ring (bicyclic) bond motifs is 1. The molecule has 1 aromatic heterocycles. The molecule has 2 aliphatic heterocycles. The van der Waals surface area contributed by atoms with Crippen molar-refractivity contribution in [3.63, 3.8) is 0 Å². The first-order valence-electron chi connectivity index (χ1n) is 6.85. The fourth-order valence-electron chi connectivity index (χ4n) is 3.06. The van der Waals surface area contributed by atoms with Crippen molar-refractivity contribution in [2.75, 3.05) is 13.1 Å². The van der Waals surface area contributed by atoms with Crippen molar-refractivity contribution in [1.82, 2.24) is 14.9 Å². The Labute approximate surface area is 103 Å². The standard InChI is InChI=1S/C13H22N4/c14-12-4-2-6-17-9-11(16-13(12)17)7-10-3-1-5-15-8-10/h9-10,12,15H,1-8,14H2. The van der Waals surface area contributed by atoms with Crippen LogP contribution in [0.25, 0.3) is 0 Å². The van der Waals surface area contributed by atoms with Crippen molar-refractivity contribution in [2.45, 2.75) is 44.7 Å². The summed E-state index contributed by atoms with van der Waals surface area (Å²) in [6.45, 7) is 3.42. The van der Waals surface area contributed by atoms with Crippen molar-refractivity contribution >= 4 is 0 Å². The molecule has 4 heteroatoms. The second-order valence-corrected chi connectivity index (χ2v) is 5.45. The van der Waals surface area contributed by atoms with Crippen LogP contribution in [0.2, 0.25) is 0 Å². The zero-order valence-corrected chi connectivity index (χ0v) is 10.4. The van der Waals surface area contributed by atoms with E-state index in [-0.39, 0.29) is 6.04 Å². The van der Waals surface area contributed by atoms with Crippen LogP contribution in [0.1, 0.15) is 43.2 Å². The summed E-state index contributed by atoms with van der Waals surface area (Å²) < 4.78 is 2.26. The molecule has 0 radical (unpaired) electrons. The number of imidazole rings is 1. The van der Waals surface area contributed by atoms with Gasteiger partial charge in [-0.3, -0.25) is 0 Å². The van der Waals surface area contributed by atoms with Gasteiger partial charge < -0.3 is 15.6 Å². The SMILES string of the molecule is NC1CCCn2cc(CC3CCCNC3)nc21. The Morgan fingerprint density at radius 1 is 1.41 bits per heavy atom. The van der Waals surface area contributed by atoms with E-state index in [4.69, 9.17) is 10.7 Å². The van der Waals surface area contributed by atoms with Gasteiger partial charge in [0.05, 0.1) is 11.7 Å². The van der Waals surface area contributed by atoms with Crippen LogP contribution in [-0.4, -0.2) is 22.6 Å². The lowest BCUT2D eigenvalue weighted by Gasteiger charge is -2.21. The molecule has 0 aromatic carbocycles. The summed E-state index contributed by atoms with van der Waals surface area (Å²) in [7, 11) is 0. The molecule has 4 nitrogen and oxygen atoms in total. The molecule has 0 saturated carbocycles. The minimum Gasteiger partial charge on any atom is -0.333 e. The number of nitrogens with one attached hydrogen (secondary N) is 1. The second-order valence-electron chi connectivity index (χ2n) is 5.45. The van der Waals surface area contributed by atoms with Crippen molar-refractivity contribution in [3.8, 4) is 0 Å². The normalized spacial score (nSPS) is 29.0. The molecule has 0 amide bonds. The van der Waals surface area contributed by atoms with Gasteiger partial charge in [0.25, 0.3) is 0 Å². The van der Waals surface area contributed by atoms with Crippen molar-refractivity contribution in [1.29, 1.82) is 0 Å². The Kier molecular flexibility index (Phi) is 3.16. The van der Waals surface area contributed by atoms with Gasteiger partial charge in [-0.1, -0.05) is 0 Å². The minimum atomic E-state index is 0.155. The number of nitrogens with zero attached hydrogens (tertiary/aromatic N) is 2. The van der Waals surface area contributed by atoms with Crippen LogP contribution in [-0.2, 0) is 13.0 Å². The highest BCUT2D eigenvalue weighted by molar-refractivity contribution is 5.10. The number of hydrogen-bond donors (Lipinski definition) is 2. The van der Waals surface area contributed by atoms with E-state index in [1.807, 2.05) is 0 Å². The van der Waals surface area contributed by atoms with Gasteiger partial charge in [-0.15, -0.1) is 0 Å². The average Bonchev–Trinajstić information content (AvgIpc) is 2.74. The summed E-state index contributed by atoms with van der Waals surface area (Å²) in [6, 6.07) is 0.155. The van der Waals surface area contributed by atoms with Crippen LogP contribution in [0.5, 0.6) is 0 Å². The number of hydrogen-bond acceptors (Lipinski definition) is 3. The first-order chi connectivity index (χ1) is 8.33. The van der Waals surface area contributed by atoms with Crippen molar-refractivity contribution < 1.29 is 0 Å². The Bertz CT molecular complexity index is 379. The van der Waals surface area contributed by atoms with Gasteiger partial charge in [-0.05, 0) is 51.1 Å². The largest absolute Gasteiger partial charge is 0.333 e. The van der Waals surface area contributed by atoms with E-state index in [2.05, 4.69) is 16.1 Å². The van der Waals surface area contributed by atoms with Gasteiger partial charge >= 0.3 is 0 Å². The van der Waals surface area contributed by atoms with Gasteiger partial charge in [-0.2, -0.15) is 0 Å². The number of aromatic nitrogens is 2. The molecule has 94 valence electrons. The van der Waals surface area contributed by atoms with Gasteiger partial charge in [0, 0.05) is 12.7 Å². The van der Waals surface area contributed by atoms with E-state index in [0.29, 0.717) is 0 Å². The quantitative estimate of drug-likeness (QED) is 0.809. The highest BCUT2D eigenvalue weighted by atomic mass is 15.1. The molecule has 1 aromatic rings. The summed E-state index contributed by atoms with van der Waals surface area (Å²) in [4.78, 5) is 4.74. The van der Waals surface area contributed by atoms with E-state index in [1.165, 1.54) is 31.5 Å². The third-order valence-electron chi connectivity index (χ3n) is 4.00. The van der Waals surface area contributed by atoms with Crippen molar-refractivity contribution in [2.24, 2.45) is 11.7 Å². The van der Waals surface area contributed by atoms with E-state index >= 15 is 0 Å². The average molecular weight is 234 g/mol. The molecular weight excluding hydrogens is 212 g/mol. The van der Waals surface area contributed by atoms with Gasteiger partial charge in [0.2, 0.25) is 0 Å². The summed E-state index contributed by atoms with van der Waals surface area (Å²) in [6.07, 6.45) is 8.25. The summed E-state index contributed by atoms with van der Waals surface area (Å²) in [5.74, 6) is 1.87. The molecule has 1 saturated heterocycles. The third-order valence-corrected chi connectivity index (χ3v) is 4.00.